The summed E-state index contributed by atoms with van der Waals surface area (Å²) in [6, 6.07) is 0. The average Bonchev–Trinajstić information content (AvgIpc) is 2.29. The van der Waals surface area contributed by atoms with Crippen LogP contribution in [0.1, 0.15) is 10.4 Å². The number of rotatable bonds is 3. The van der Waals surface area contributed by atoms with E-state index in [2.05, 4.69) is 0 Å². The van der Waals surface area contributed by atoms with Crippen LogP contribution in [0.4, 0.5) is 0 Å². The van der Waals surface area contributed by atoms with Gasteiger partial charge in [0.1, 0.15) is 12.1 Å². The first-order chi connectivity index (χ1) is 8.25. The minimum atomic E-state index is -1.19. The number of aliphatic carboxylic acids is 1. The molecule has 1 aromatic rings. The largest absolute Gasteiger partial charge is 0.480 e. The standard InChI is InChI=1S/C10H13N3O5/c1-11(5-7(14)15)8(16)6-4-12(2)10(18)13(3)9(6)17/h4H,5H2,1-3H3,(H,14,15). The molecular weight excluding hydrogens is 242 g/mol. The molecule has 0 aliphatic carbocycles. The molecule has 8 heteroatoms. The Morgan fingerprint density at radius 3 is 2.39 bits per heavy atom. The smallest absolute Gasteiger partial charge is 0.330 e. The van der Waals surface area contributed by atoms with Crippen LogP contribution in [0.3, 0.4) is 0 Å². The molecule has 0 spiro atoms. The molecule has 0 aromatic carbocycles. The lowest BCUT2D eigenvalue weighted by Crippen LogP contribution is -2.43. The molecule has 0 aliphatic rings. The molecule has 0 unspecified atom stereocenters. The molecule has 98 valence electrons. The van der Waals surface area contributed by atoms with E-state index >= 15 is 0 Å². The van der Waals surface area contributed by atoms with Gasteiger partial charge in [-0.1, -0.05) is 0 Å². The van der Waals surface area contributed by atoms with Crippen LogP contribution in [-0.2, 0) is 18.9 Å². The number of carboxylic acid groups (broad SMARTS) is 1. The van der Waals surface area contributed by atoms with Crippen molar-refractivity contribution in [2.75, 3.05) is 13.6 Å². The van der Waals surface area contributed by atoms with Gasteiger partial charge in [-0.05, 0) is 0 Å². The summed E-state index contributed by atoms with van der Waals surface area (Å²) in [6.07, 6.45) is 1.10. The maximum atomic E-state index is 11.9. The summed E-state index contributed by atoms with van der Waals surface area (Å²) in [7, 11) is 3.91. The lowest BCUT2D eigenvalue weighted by Gasteiger charge is -2.14. The molecule has 0 saturated heterocycles. The number of carbonyl (C=O) groups excluding carboxylic acids is 1. The van der Waals surface area contributed by atoms with Crippen LogP contribution in [-0.4, -0.2) is 44.6 Å². The highest BCUT2D eigenvalue weighted by Crippen LogP contribution is 1.95. The van der Waals surface area contributed by atoms with Crippen molar-refractivity contribution in [3.8, 4) is 0 Å². The summed E-state index contributed by atoms with van der Waals surface area (Å²) in [5.74, 6) is -1.93. The van der Waals surface area contributed by atoms with E-state index in [-0.39, 0.29) is 5.56 Å². The van der Waals surface area contributed by atoms with Gasteiger partial charge in [-0.2, -0.15) is 0 Å². The summed E-state index contributed by atoms with van der Waals surface area (Å²) in [4.78, 5) is 46.4. The number of hydrogen-bond acceptors (Lipinski definition) is 4. The summed E-state index contributed by atoms with van der Waals surface area (Å²) in [5.41, 5.74) is -1.55. The van der Waals surface area contributed by atoms with Gasteiger partial charge >= 0.3 is 11.7 Å². The monoisotopic (exact) mass is 255 g/mol. The number of aromatic nitrogens is 2. The lowest BCUT2D eigenvalue weighted by molar-refractivity contribution is -0.137. The number of aryl methyl sites for hydroxylation is 1. The van der Waals surface area contributed by atoms with Gasteiger partial charge in [0, 0.05) is 27.3 Å². The minimum absolute atomic E-state index is 0.247. The van der Waals surface area contributed by atoms with Crippen LogP contribution >= 0.6 is 0 Å². The third kappa shape index (κ3) is 2.47. The molecule has 1 N–H and O–H groups in total. The fraction of sp³-hybridized carbons (Fsp3) is 0.400. The Morgan fingerprint density at radius 2 is 1.89 bits per heavy atom. The highest BCUT2D eigenvalue weighted by molar-refractivity contribution is 5.95. The van der Waals surface area contributed by atoms with E-state index in [1.807, 2.05) is 0 Å². The quantitative estimate of drug-likeness (QED) is 0.689. The molecule has 0 bridgehead atoms. The van der Waals surface area contributed by atoms with E-state index in [0.717, 1.165) is 20.2 Å². The summed E-state index contributed by atoms with van der Waals surface area (Å²) < 4.78 is 1.88. The average molecular weight is 255 g/mol. The zero-order valence-corrected chi connectivity index (χ0v) is 10.2. The van der Waals surface area contributed by atoms with Gasteiger partial charge < -0.3 is 14.6 Å². The fourth-order valence-electron chi connectivity index (χ4n) is 1.44. The van der Waals surface area contributed by atoms with Gasteiger partial charge in [-0.25, -0.2) is 4.79 Å². The van der Waals surface area contributed by atoms with E-state index in [1.54, 1.807) is 0 Å². The van der Waals surface area contributed by atoms with Crippen molar-refractivity contribution in [3.05, 3.63) is 32.6 Å². The van der Waals surface area contributed by atoms with E-state index < -0.39 is 29.7 Å². The van der Waals surface area contributed by atoms with Crippen molar-refractivity contribution < 1.29 is 14.7 Å². The molecule has 1 aromatic heterocycles. The Morgan fingerprint density at radius 1 is 1.33 bits per heavy atom. The van der Waals surface area contributed by atoms with Crippen molar-refractivity contribution in [2.45, 2.75) is 0 Å². The first-order valence-corrected chi connectivity index (χ1v) is 4.99. The number of nitrogens with zero attached hydrogens (tertiary/aromatic N) is 3. The van der Waals surface area contributed by atoms with E-state index in [0.29, 0.717) is 0 Å². The second-order valence-electron chi connectivity index (χ2n) is 3.86. The number of amides is 1. The third-order valence-corrected chi connectivity index (χ3v) is 2.40. The van der Waals surface area contributed by atoms with Crippen LogP contribution in [0, 0.1) is 0 Å². The van der Waals surface area contributed by atoms with Crippen molar-refractivity contribution >= 4 is 11.9 Å². The van der Waals surface area contributed by atoms with E-state index in [9.17, 15) is 19.2 Å². The number of carboxylic acids is 1. The molecule has 0 aliphatic heterocycles. The first-order valence-electron chi connectivity index (χ1n) is 4.99. The van der Waals surface area contributed by atoms with Crippen LogP contribution in [0.2, 0.25) is 0 Å². The highest BCUT2D eigenvalue weighted by atomic mass is 16.4. The SMILES string of the molecule is CN(CC(=O)O)C(=O)c1cn(C)c(=O)n(C)c1=O. The predicted molar refractivity (Wildman–Crippen MR) is 61.5 cm³/mol. The molecule has 0 radical (unpaired) electrons. The fourth-order valence-corrected chi connectivity index (χ4v) is 1.44. The molecule has 1 heterocycles. The highest BCUT2D eigenvalue weighted by Gasteiger charge is 2.19. The van der Waals surface area contributed by atoms with Gasteiger partial charge in [0.2, 0.25) is 0 Å². The van der Waals surface area contributed by atoms with Crippen LogP contribution in [0.25, 0.3) is 0 Å². The number of likely N-dealkylation sites (N-methyl/N-ethyl adjacent to an activating group) is 1. The van der Waals surface area contributed by atoms with Crippen molar-refractivity contribution in [3.63, 3.8) is 0 Å². The molecule has 0 fully saturated rings. The van der Waals surface area contributed by atoms with Crippen molar-refractivity contribution in [1.82, 2.24) is 14.0 Å². The molecule has 18 heavy (non-hydrogen) atoms. The maximum absolute atomic E-state index is 11.9. The van der Waals surface area contributed by atoms with E-state index in [1.165, 1.54) is 21.1 Å². The molecule has 1 rings (SSSR count). The van der Waals surface area contributed by atoms with Crippen molar-refractivity contribution in [2.24, 2.45) is 14.1 Å². The second-order valence-corrected chi connectivity index (χ2v) is 3.86. The topological polar surface area (TPSA) is 102 Å². The Kier molecular flexibility index (Phi) is 3.70. The Bertz CT molecular complexity index is 613. The zero-order valence-electron chi connectivity index (χ0n) is 10.2. The minimum Gasteiger partial charge on any atom is -0.480 e. The normalized spacial score (nSPS) is 10.2. The molecule has 0 atom stereocenters. The summed E-state index contributed by atoms with van der Waals surface area (Å²) in [6.45, 7) is -0.523. The Balaban J connectivity index is 3.27. The van der Waals surface area contributed by atoms with Crippen LogP contribution in [0.15, 0.2) is 15.8 Å². The van der Waals surface area contributed by atoms with E-state index in [4.69, 9.17) is 5.11 Å². The molecule has 0 saturated carbocycles. The maximum Gasteiger partial charge on any atom is 0.330 e. The van der Waals surface area contributed by atoms with Gasteiger partial charge in [-0.15, -0.1) is 0 Å². The second kappa shape index (κ2) is 4.86. The van der Waals surface area contributed by atoms with Gasteiger partial charge in [-0.3, -0.25) is 19.0 Å². The van der Waals surface area contributed by atoms with Gasteiger partial charge in [0.05, 0.1) is 0 Å². The van der Waals surface area contributed by atoms with Gasteiger partial charge in [0.25, 0.3) is 11.5 Å². The number of carbonyl (C=O) groups is 2. The molecular formula is C10H13N3O5. The summed E-state index contributed by atoms with van der Waals surface area (Å²) in [5, 5.41) is 8.57. The third-order valence-electron chi connectivity index (χ3n) is 2.40. The summed E-state index contributed by atoms with van der Waals surface area (Å²) >= 11 is 0. The molecule has 1 amide bonds. The van der Waals surface area contributed by atoms with Crippen LogP contribution in [0.5, 0.6) is 0 Å². The van der Waals surface area contributed by atoms with Gasteiger partial charge in [0.15, 0.2) is 0 Å². The predicted octanol–water partition coefficient (Wildman–Crippen LogP) is -1.76. The molecule has 8 nitrogen and oxygen atoms in total. The Hall–Kier alpha value is -2.38. The Labute approximate surface area is 102 Å². The first kappa shape index (κ1) is 13.7. The number of hydrogen-bond donors (Lipinski definition) is 1. The van der Waals surface area contributed by atoms with Crippen LogP contribution < -0.4 is 11.2 Å². The van der Waals surface area contributed by atoms with Crippen molar-refractivity contribution in [1.29, 1.82) is 0 Å². The lowest BCUT2D eigenvalue weighted by atomic mass is 10.3. The zero-order chi connectivity index (χ0) is 14.0.